The van der Waals surface area contributed by atoms with E-state index < -0.39 is 5.82 Å². The second-order valence-electron chi connectivity index (χ2n) is 6.02. The Bertz CT molecular complexity index is 1180. The van der Waals surface area contributed by atoms with Crippen molar-refractivity contribution >= 4 is 17.1 Å². The first-order chi connectivity index (χ1) is 14.2. The summed E-state index contributed by atoms with van der Waals surface area (Å²) in [6, 6.07) is 16.3. The van der Waals surface area contributed by atoms with Crippen molar-refractivity contribution in [1.29, 1.82) is 5.26 Å². The van der Waals surface area contributed by atoms with E-state index in [1.165, 1.54) is 41.9 Å². The Morgan fingerprint density at radius 1 is 1.21 bits per heavy atom. The minimum absolute atomic E-state index is 0.0419. The molecular formula is C22H13FN2O3S. The van der Waals surface area contributed by atoms with Gasteiger partial charge in [0.15, 0.2) is 12.4 Å². The zero-order chi connectivity index (χ0) is 20.2. The van der Waals surface area contributed by atoms with Crippen LogP contribution in [0, 0.1) is 17.1 Å². The van der Waals surface area contributed by atoms with Crippen LogP contribution in [0.2, 0.25) is 0 Å². The zero-order valence-electron chi connectivity index (χ0n) is 15.0. The molecule has 0 radical (unpaired) electrons. The lowest BCUT2D eigenvalue weighted by molar-refractivity contribution is 0.0918. The summed E-state index contributed by atoms with van der Waals surface area (Å²) in [5, 5.41) is 11.6. The molecule has 0 unspecified atom stereocenters. The summed E-state index contributed by atoms with van der Waals surface area (Å²) in [6.07, 6.45) is 1.51. The van der Waals surface area contributed by atoms with Gasteiger partial charge in [0.2, 0.25) is 5.88 Å². The molecule has 0 aliphatic heterocycles. The molecule has 0 saturated heterocycles. The van der Waals surface area contributed by atoms with E-state index in [1.54, 1.807) is 18.2 Å². The van der Waals surface area contributed by atoms with Crippen LogP contribution in [0.15, 0.2) is 70.7 Å². The van der Waals surface area contributed by atoms with Crippen LogP contribution in [0.3, 0.4) is 0 Å². The molecule has 0 spiro atoms. The lowest BCUT2D eigenvalue weighted by Gasteiger charge is -2.11. The number of hydrogen-bond acceptors (Lipinski definition) is 6. The fraction of sp³-hybridized carbons (Fsp3) is 0.0455. The number of hydrogen-bond donors (Lipinski definition) is 0. The zero-order valence-corrected chi connectivity index (χ0v) is 15.8. The first-order valence-corrected chi connectivity index (χ1v) is 9.48. The SMILES string of the molecule is N#Cc1c(-c2ccco2)cc(-c2cccs2)nc1OCC(=O)c1ccc(F)cc1. The Balaban J connectivity index is 1.70. The maximum atomic E-state index is 13.1. The predicted octanol–water partition coefficient (Wildman–Crippen LogP) is 5.34. The van der Waals surface area contributed by atoms with E-state index >= 15 is 0 Å². The van der Waals surface area contributed by atoms with Crippen molar-refractivity contribution in [3.05, 3.63) is 83.2 Å². The number of pyridine rings is 1. The minimum atomic E-state index is -0.428. The third-order valence-electron chi connectivity index (χ3n) is 4.16. The quantitative estimate of drug-likeness (QED) is 0.405. The number of thiophene rings is 1. The average Bonchev–Trinajstić information content (AvgIpc) is 3.46. The highest BCUT2D eigenvalue weighted by Crippen LogP contribution is 2.35. The molecule has 4 aromatic rings. The lowest BCUT2D eigenvalue weighted by atomic mass is 10.1. The largest absolute Gasteiger partial charge is 0.468 e. The van der Waals surface area contributed by atoms with Crippen LogP contribution in [-0.2, 0) is 0 Å². The molecule has 4 rings (SSSR count). The molecule has 5 nitrogen and oxygen atoms in total. The van der Waals surface area contributed by atoms with Gasteiger partial charge in [-0.15, -0.1) is 11.3 Å². The van der Waals surface area contributed by atoms with Crippen LogP contribution >= 0.6 is 11.3 Å². The Labute approximate surface area is 169 Å². The van der Waals surface area contributed by atoms with E-state index in [-0.39, 0.29) is 23.8 Å². The molecule has 0 fully saturated rings. The summed E-state index contributed by atoms with van der Waals surface area (Å²) in [6.45, 7) is -0.335. The Morgan fingerprint density at radius 3 is 2.69 bits per heavy atom. The number of carbonyl (C=O) groups excluding carboxylic acids is 1. The van der Waals surface area contributed by atoms with E-state index in [0.29, 0.717) is 22.6 Å². The van der Waals surface area contributed by atoms with Crippen molar-refractivity contribution in [2.45, 2.75) is 0 Å². The van der Waals surface area contributed by atoms with Crippen LogP contribution in [0.25, 0.3) is 21.9 Å². The van der Waals surface area contributed by atoms with Crippen molar-refractivity contribution in [3.8, 4) is 33.8 Å². The highest BCUT2D eigenvalue weighted by molar-refractivity contribution is 7.13. The van der Waals surface area contributed by atoms with Gasteiger partial charge in [0.1, 0.15) is 23.2 Å². The van der Waals surface area contributed by atoms with Gasteiger partial charge in [-0.25, -0.2) is 9.37 Å². The van der Waals surface area contributed by atoms with Gasteiger partial charge < -0.3 is 9.15 Å². The lowest BCUT2D eigenvalue weighted by Crippen LogP contribution is -2.13. The van der Waals surface area contributed by atoms with Gasteiger partial charge in [0.05, 0.1) is 16.8 Å². The summed E-state index contributed by atoms with van der Waals surface area (Å²) >= 11 is 1.49. The van der Waals surface area contributed by atoms with E-state index in [1.807, 2.05) is 17.5 Å². The molecule has 0 N–H and O–H groups in total. The van der Waals surface area contributed by atoms with E-state index in [2.05, 4.69) is 11.1 Å². The van der Waals surface area contributed by atoms with E-state index in [4.69, 9.17) is 9.15 Å². The Morgan fingerprint density at radius 2 is 2.03 bits per heavy atom. The number of ketones is 1. The smallest absolute Gasteiger partial charge is 0.233 e. The van der Waals surface area contributed by atoms with Crippen LogP contribution in [0.1, 0.15) is 15.9 Å². The molecule has 7 heteroatoms. The Hall–Kier alpha value is -3.76. The normalized spacial score (nSPS) is 10.5. The first-order valence-electron chi connectivity index (χ1n) is 8.60. The summed E-state index contributed by atoms with van der Waals surface area (Å²) in [4.78, 5) is 17.7. The topological polar surface area (TPSA) is 76.1 Å². The highest BCUT2D eigenvalue weighted by Gasteiger charge is 2.19. The fourth-order valence-electron chi connectivity index (χ4n) is 2.76. The number of rotatable bonds is 6. The molecule has 3 aromatic heterocycles. The molecule has 0 aliphatic rings. The molecule has 142 valence electrons. The number of furan rings is 1. The fourth-order valence-corrected chi connectivity index (χ4v) is 3.45. The monoisotopic (exact) mass is 404 g/mol. The standard InChI is InChI=1S/C22H13FN2O3S/c23-15-7-5-14(6-8-15)19(26)13-28-22-17(12-24)16(20-3-1-9-27-20)11-18(25-22)21-4-2-10-29-21/h1-11H,13H2. The second kappa shape index (κ2) is 8.09. The maximum absolute atomic E-state index is 13.1. The summed E-state index contributed by atoms with van der Waals surface area (Å²) in [5.41, 5.74) is 1.62. The predicted molar refractivity (Wildman–Crippen MR) is 106 cm³/mol. The molecule has 0 aliphatic carbocycles. The van der Waals surface area contributed by atoms with Crippen molar-refractivity contribution in [1.82, 2.24) is 4.98 Å². The van der Waals surface area contributed by atoms with Gasteiger partial charge in [-0.05, 0) is 53.9 Å². The average molecular weight is 404 g/mol. The summed E-state index contributed by atoms with van der Waals surface area (Å²) in [7, 11) is 0. The highest BCUT2D eigenvalue weighted by atomic mass is 32.1. The maximum Gasteiger partial charge on any atom is 0.233 e. The molecule has 0 saturated carbocycles. The summed E-state index contributed by atoms with van der Waals surface area (Å²) in [5.74, 6) is -0.240. The van der Waals surface area contributed by atoms with Crippen molar-refractivity contribution in [2.24, 2.45) is 0 Å². The first kappa shape index (κ1) is 18.6. The van der Waals surface area contributed by atoms with Crippen molar-refractivity contribution in [2.75, 3.05) is 6.61 Å². The van der Waals surface area contributed by atoms with Crippen molar-refractivity contribution < 1.29 is 18.3 Å². The molecule has 0 amide bonds. The van der Waals surface area contributed by atoms with Crippen LogP contribution in [0.4, 0.5) is 4.39 Å². The third kappa shape index (κ3) is 3.93. The second-order valence-corrected chi connectivity index (χ2v) is 6.97. The molecule has 3 heterocycles. The van der Waals surface area contributed by atoms with Crippen molar-refractivity contribution in [3.63, 3.8) is 0 Å². The van der Waals surface area contributed by atoms with Crippen LogP contribution in [0.5, 0.6) is 5.88 Å². The molecular weight excluding hydrogens is 391 g/mol. The van der Waals surface area contributed by atoms with Gasteiger partial charge >= 0.3 is 0 Å². The van der Waals surface area contributed by atoms with E-state index in [9.17, 15) is 14.4 Å². The number of ether oxygens (including phenoxy) is 1. The molecule has 0 atom stereocenters. The van der Waals surface area contributed by atoms with Gasteiger partial charge in [0, 0.05) is 11.1 Å². The third-order valence-corrected chi connectivity index (χ3v) is 5.06. The number of carbonyl (C=O) groups is 1. The van der Waals surface area contributed by atoms with Gasteiger partial charge in [0.25, 0.3) is 0 Å². The number of aromatic nitrogens is 1. The number of Topliss-reactive ketones (excluding diaryl/α,β-unsaturated/α-hetero) is 1. The minimum Gasteiger partial charge on any atom is -0.468 e. The molecule has 1 aromatic carbocycles. The van der Waals surface area contributed by atoms with Crippen LogP contribution in [-0.4, -0.2) is 17.4 Å². The number of benzene rings is 1. The molecule has 29 heavy (non-hydrogen) atoms. The number of nitrogens with zero attached hydrogens (tertiary/aromatic N) is 2. The number of nitriles is 1. The van der Waals surface area contributed by atoms with Crippen LogP contribution < -0.4 is 4.74 Å². The van der Waals surface area contributed by atoms with E-state index in [0.717, 1.165) is 4.88 Å². The van der Waals surface area contributed by atoms with Gasteiger partial charge in [-0.1, -0.05) is 6.07 Å². The Kier molecular flexibility index (Phi) is 5.18. The van der Waals surface area contributed by atoms with Gasteiger partial charge in [-0.2, -0.15) is 5.26 Å². The molecule has 0 bridgehead atoms. The van der Waals surface area contributed by atoms with Gasteiger partial charge in [-0.3, -0.25) is 4.79 Å². The number of halogens is 1. The summed E-state index contributed by atoms with van der Waals surface area (Å²) < 4.78 is 24.2.